The van der Waals surface area contributed by atoms with Crippen LogP contribution < -0.4 is 10.1 Å². The van der Waals surface area contributed by atoms with Crippen molar-refractivity contribution in [1.29, 1.82) is 0 Å². The van der Waals surface area contributed by atoms with Gasteiger partial charge in [-0.2, -0.15) is 0 Å². The standard InChI is InChI=1S/C20H19N3O4S/c1-13-5-3-8-17(9-13)27-12-19(24)22-20-21-14(2)18(28-20)11-15-6-4-7-16(10-15)23(25)26/h3-10H,11-12H2,1-2H3,(H,21,22,24). The van der Waals surface area contributed by atoms with E-state index in [-0.39, 0.29) is 18.2 Å². The third-order valence-corrected chi connectivity index (χ3v) is 5.06. The molecule has 0 radical (unpaired) electrons. The molecule has 3 rings (SSSR count). The van der Waals surface area contributed by atoms with Gasteiger partial charge in [0.15, 0.2) is 11.7 Å². The third-order valence-electron chi connectivity index (χ3n) is 3.98. The van der Waals surface area contributed by atoms with Crippen LogP contribution in [0.4, 0.5) is 10.8 Å². The number of ether oxygens (including phenoxy) is 1. The number of anilines is 1. The Bertz CT molecular complexity index is 1020. The number of aryl methyl sites for hydroxylation is 2. The quantitative estimate of drug-likeness (QED) is 0.474. The Hall–Kier alpha value is -3.26. The minimum atomic E-state index is -0.414. The molecule has 3 aromatic rings. The van der Waals surface area contributed by atoms with Gasteiger partial charge in [0.05, 0.1) is 10.6 Å². The first-order valence-corrected chi connectivity index (χ1v) is 9.41. The fourth-order valence-corrected chi connectivity index (χ4v) is 3.63. The summed E-state index contributed by atoms with van der Waals surface area (Å²) in [6, 6.07) is 14.0. The van der Waals surface area contributed by atoms with Crippen molar-refractivity contribution in [3.63, 3.8) is 0 Å². The van der Waals surface area contributed by atoms with Crippen LogP contribution in [0, 0.1) is 24.0 Å². The molecule has 2 aromatic carbocycles. The average Bonchev–Trinajstić information content (AvgIpc) is 2.99. The van der Waals surface area contributed by atoms with Crippen LogP contribution in [-0.4, -0.2) is 22.4 Å². The van der Waals surface area contributed by atoms with Crippen molar-refractivity contribution >= 4 is 28.1 Å². The Balaban J connectivity index is 1.61. The number of rotatable bonds is 7. The lowest BCUT2D eigenvalue weighted by molar-refractivity contribution is -0.384. The normalized spacial score (nSPS) is 10.5. The molecule has 7 nitrogen and oxygen atoms in total. The molecule has 8 heteroatoms. The maximum atomic E-state index is 12.1. The van der Waals surface area contributed by atoms with E-state index in [0.29, 0.717) is 17.3 Å². The maximum absolute atomic E-state index is 12.1. The van der Waals surface area contributed by atoms with E-state index in [1.807, 2.05) is 38.1 Å². The number of aromatic nitrogens is 1. The first-order chi connectivity index (χ1) is 13.4. The summed E-state index contributed by atoms with van der Waals surface area (Å²) in [6.45, 7) is 3.69. The molecule has 1 amide bonds. The fourth-order valence-electron chi connectivity index (χ4n) is 2.62. The molecule has 144 valence electrons. The smallest absolute Gasteiger partial charge is 0.269 e. The number of hydrogen-bond acceptors (Lipinski definition) is 6. The van der Waals surface area contributed by atoms with Gasteiger partial charge in [-0.1, -0.05) is 24.3 Å². The van der Waals surface area contributed by atoms with Gasteiger partial charge < -0.3 is 4.74 Å². The second kappa shape index (κ2) is 8.62. The molecular weight excluding hydrogens is 378 g/mol. The van der Waals surface area contributed by atoms with E-state index in [2.05, 4.69) is 10.3 Å². The Labute approximate surface area is 166 Å². The maximum Gasteiger partial charge on any atom is 0.269 e. The molecule has 1 heterocycles. The average molecular weight is 397 g/mol. The number of carbonyl (C=O) groups excluding carboxylic acids is 1. The number of amides is 1. The lowest BCUT2D eigenvalue weighted by atomic mass is 10.1. The summed E-state index contributed by atoms with van der Waals surface area (Å²) in [4.78, 5) is 27.9. The predicted octanol–water partition coefficient (Wildman–Crippen LogP) is 4.28. The molecule has 0 aliphatic carbocycles. The summed E-state index contributed by atoms with van der Waals surface area (Å²) in [7, 11) is 0. The zero-order valence-electron chi connectivity index (χ0n) is 15.5. The predicted molar refractivity (Wildman–Crippen MR) is 108 cm³/mol. The number of benzene rings is 2. The molecule has 0 unspecified atom stereocenters. The minimum Gasteiger partial charge on any atom is -0.484 e. The van der Waals surface area contributed by atoms with E-state index < -0.39 is 4.92 Å². The Morgan fingerprint density at radius 1 is 1.21 bits per heavy atom. The molecule has 0 atom stereocenters. The van der Waals surface area contributed by atoms with E-state index >= 15 is 0 Å². The van der Waals surface area contributed by atoms with E-state index in [1.165, 1.54) is 17.4 Å². The summed E-state index contributed by atoms with van der Waals surface area (Å²) in [6.07, 6.45) is 0.515. The zero-order valence-corrected chi connectivity index (χ0v) is 16.3. The number of hydrogen-bond donors (Lipinski definition) is 1. The van der Waals surface area contributed by atoms with Gasteiger partial charge in [-0.15, -0.1) is 11.3 Å². The molecule has 0 bridgehead atoms. The van der Waals surface area contributed by atoms with Crippen LogP contribution >= 0.6 is 11.3 Å². The van der Waals surface area contributed by atoms with E-state index in [0.717, 1.165) is 21.7 Å². The van der Waals surface area contributed by atoms with Crippen LogP contribution in [0.1, 0.15) is 21.7 Å². The molecule has 1 N–H and O–H groups in total. The molecule has 28 heavy (non-hydrogen) atoms. The van der Waals surface area contributed by atoms with Crippen LogP contribution in [0.2, 0.25) is 0 Å². The van der Waals surface area contributed by atoms with Crippen molar-refractivity contribution < 1.29 is 14.5 Å². The molecule has 0 fully saturated rings. The number of non-ortho nitro benzene ring substituents is 1. The van der Waals surface area contributed by atoms with Crippen molar-refractivity contribution in [3.8, 4) is 5.75 Å². The number of thiazole rings is 1. The topological polar surface area (TPSA) is 94.4 Å². The van der Waals surface area contributed by atoms with Gasteiger partial charge in [-0.3, -0.25) is 20.2 Å². The second-order valence-electron chi connectivity index (χ2n) is 6.28. The number of nitrogens with one attached hydrogen (secondary N) is 1. The van der Waals surface area contributed by atoms with Crippen molar-refractivity contribution in [2.75, 3.05) is 11.9 Å². The van der Waals surface area contributed by atoms with Crippen molar-refractivity contribution in [2.45, 2.75) is 20.3 Å². The summed E-state index contributed by atoms with van der Waals surface area (Å²) in [5.41, 5.74) is 2.72. The SMILES string of the molecule is Cc1cccc(OCC(=O)Nc2nc(C)c(Cc3cccc([N+](=O)[O-])c3)s2)c1. The van der Waals surface area contributed by atoms with Gasteiger partial charge >= 0.3 is 0 Å². The van der Waals surface area contributed by atoms with E-state index in [1.54, 1.807) is 18.2 Å². The third kappa shape index (κ3) is 5.14. The molecular formula is C20H19N3O4S. The van der Waals surface area contributed by atoms with Gasteiger partial charge in [0, 0.05) is 23.4 Å². The number of nitro groups is 1. The molecule has 1 aromatic heterocycles. The summed E-state index contributed by atoms with van der Waals surface area (Å²) in [5.74, 6) is 0.342. The van der Waals surface area contributed by atoms with Crippen LogP contribution in [0.15, 0.2) is 48.5 Å². The van der Waals surface area contributed by atoms with E-state index in [9.17, 15) is 14.9 Å². The minimum absolute atomic E-state index is 0.0569. The van der Waals surface area contributed by atoms with Gasteiger partial charge in [-0.25, -0.2) is 4.98 Å². The first-order valence-electron chi connectivity index (χ1n) is 8.59. The molecule has 0 aliphatic heterocycles. The Morgan fingerprint density at radius 2 is 2.00 bits per heavy atom. The Morgan fingerprint density at radius 3 is 2.75 bits per heavy atom. The highest BCUT2D eigenvalue weighted by atomic mass is 32.1. The van der Waals surface area contributed by atoms with Gasteiger partial charge in [0.1, 0.15) is 5.75 Å². The lowest BCUT2D eigenvalue weighted by Crippen LogP contribution is -2.20. The second-order valence-corrected chi connectivity index (χ2v) is 7.37. The largest absolute Gasteiger partial charge is 0.484 e. The van der Waals surface area contributed by atoms with Crippen LogP contribution in [0.25, 0.3) is 0 Å². The summed E-state index contributed by atoms with van der Waals surface area (Å²) in [5, 5.41) is 14.1. The zero-order chi connectivity index (χ0) is 20.1. The monoisotopic (exact) mass is 397 g/mol. The fraction of sp³-hybridized carbons (Fsp3) is 0.200. The number of nitrogens with zero attached hydrogens (tertiary/aromatic N) is 2. The highest BCUT2D eigenvalue weighted by molar-refractivity contribution is 7.15. The lowest BCUT2D eigenvalue weighted by Gasteiger charge is -2.06. The van der Waals surface area contributed by atoms with Crippen LogP contribution in [0.3, 0.4) is 0 Å². The number of nitro benzene ring substituents is 1. The highest BCUT2D eigenvalue weighted by Crippen LogP contribution is 2.26. The Kier molecular flexibility index (Phi) is 6.00. The van der Waals surface area contributed by atoms with Crippen molar-refractivity contribution in [1.82, 2.24) is 4.98 Å². The van der Waals surface area contributed by atoms with Gasteiger partial charge in [0.25, 0.3) is 11.6 Å². The van der Waals surface area contributed by atoms with Crippen LogP contribution in [0.5, 0.6) is 5.75 Å². The van der Waals surface area contributed by atoms with E-state index in [4.69, 9.17) is 4.74 Å². The highest BCUT2D eigenvalue weighted by Gasteiger charge is 2.13. The van der Waals surface area contributed by atoms with Crippen molar-refractivity contribution in [3.05, 3.63) is 80.3 Å². The molecule has 0 spiro atoms. The number of carbonyl (C=O) groups is 1. The molecule has 0 saturated heterocycles. The molecule has 0 saturated carbocycles. The summed E-state index contributed by atoms with van der Waals surface area (Å²) < 4.78 is 5.49. The molecule has 0 aliphatic rings. The first kappa shape index (κ1) is 19.5. The van der Waals surface area contributed by atoms with Gasteiger partial charge in [0.2, 0.25) is 0 Å². The summed E-state index contributed by atoms with van der Waals surface area (Å²) >= 11 is 1.35. The van der Waals surface area contributed by atoms with Gasteiger partial charge in [-0.05, 0) is 37.1 Å². The van der Waals surface area contributed by atoms with Crippen LogP contribution in [-0.2, 0) is 11.2 Å². The van der Waals surface area contributed by atoms with Crippen molar-refractivity contribution in [2.24, 2.45) is 0 Å².